The summed E-state index contributed by atoms with van der Waals surface area (Å²) >= 11 is 9.56. The maximum absolute atomic E-state index is 6.13. The number of ether oxygens (including phenoxy) is 2. The first-order valence-corrected chi connectivity index (χ1v) is 9.87. The van der Waals surface area contributed by atoms with E-state index in [4.69, 9.17) is 21.1 Å². The fraction of sp³-hybridized carbons (Fsp3) is 0.136. The van der Waals surface area contributed by atoms with Gasteiger partial charge < -0.3 is 14.9 Å². The largest absolute Gasteiger partial charge is 0.493 e. The van der Waals surface area contributed by atoms with Crippen molar-refractivity contribution in [2.75, 3.05) is 7.11 Å². The number of rotatable bonds is 8. The minimum atomic E-state index is 0.469. The molecular weight excluding hydrogens is 440 g/mol. The number of hydrazone groups is 1. The first kappa shape index (κ1) is 20.2. The van der Waals surface area contributed by atoms with Gasteiger partial charge in [-0.05, 0) is 53.1 Å². The Morgan fingerprint density at radius 2 is 1.82 bits per heavy atom. The van der Waals surface area contributed by atoms with Gasteiger partial charge in [-0.15, -0.1) is 0 Å². The highest BCUT2D eigenvalue weighted by atomic mass is 79.9. The lowest BCUT2D eigenvalue weighted by atomic mass is 10.2. The molecule has 0 aliphatic heterocycles. The van der Waals surface area contributed by atoms with Crippen LogP contribution in [0.3, 0.4) is 0 Å². The fourth-order valence-corrected chi connectivity index (χ4v) is 2.99. The molecule has 0 radical (unpaired) electrons. The molecule has 1 N–H and O–H groups in total. The molecule has 0 fully saturated rings. The van der Waals surface area contributed by atoms with Crippen molar-refractivity contribution in [1.29, 1.82) is 0 Å². The predicted octanol–water partition coefficient (Wildman–Crippen LogP) is 5.81. The standard InChI is InChI=1S/C22H20BrClN2O2/c1-27-22-12-17(13-25-26-14-18-4-2-3-5-20(18)24)8-11-21(22)28-15-16-6-9-19(23)10-7-16/h2-13,26H,14-15H2,1H3/b25-13-. The Morgan fingerprint density at radius 3 is 2.57 bits per heavy atom. The van der Waals surface area contributed by atoms with E-state index in [1.807, 2.05) is 66.7 Å². The molecule has 144 valence electrons. The summed E-state index contributed by atoms with van der Waals surface area (Å²) < 4.78 is 12.4. The van der Waals surface area contributed by atoms with E-state index in [9.17, 15) is 0 Å². The minimum absolute atomic E-state index is 0.469. The summed E-state index contributed by atoms with van der Waals surface area (Å²) in [6.45, 7) is 1.03. The molecule has 0 unspecified atom stereocenters. The molecule has 0 saturated heterocycles. The van der Waals surface area contributed by atoms with Gasteiger partial charge in [0.25, 0.3) is 0 Å². The minimum Gasteiger partial charge on any atom is -0.493 e. The van der Waals surface area contributed by atoms with Gasteiger partial charge in [-0.1, -0.05) is 57.9 Å². The molecule has 0 bridgehead atoms. The van der Waals surface area contributed by atoms with E-state index in [-0.39, 0.29) is 0 Å². The van der Waals surface area contributed by atoms with Crippen molar-refractivity contribution >= 4 is 33.7 Å². The number of nitrogens with one attached hydrogen (secondary N) is 1. The monoisotopic (exact) mass is 458 g/mol. The zero-order chi connectivity index (χ0) is 19.8. The Labute approximate surface area is 178 Å². The van der Waals surface area contributed by atoms with E-state index < -0.39 is 0 Å². The van der Waals surface area contributed by atoms with Gasteiger partial charge in [0.15, 0.2) is 11.5 Å². The van der Waals surface area contributed by atoms with Gasteiger partial charge in [0.1, 0.15) is 6.61 Å². The van der Waals surface area contributed by atoms with Crippen LogP contribution in [-0.2, 0) is 13.2 Å². The summed E-state index contributed by atoms with van der Waals surface area (Å²) in [6.07, 6.45) is 1.73. The highest BCUT2D eigenvalue weighted by Gasteiger charge is 2.06. The van der Waals surface area contributed by atoms with Gasteiger partial charge in [-0.3, -0.25) is 0 Å². The van der Waals surface area contributed by atoms with Crippen LogP contribution in [0.1, 0.15) is 16.7 Å². The SMILES string of the molecule is COc1cc(/C=N\NCc2ccccc2Cl)ccc1OCc1ccc(Br)cc1. The van der Waals surface area contributed by atoms with Crippen molar-refractivity contribution in [3.8, 4) is 11.5 Å². The first-order chi connectivity index (χ1) is 13.7. The second kappa shape index (κ2) is 10.2. The van der Waals surface area contributed by atoms with Crippen LogP contribution in [-0.4, -0.2) is 13.3 Å². The van der Waals surface area contributed by atoms with E-state index in [2.05, 4.69) is 26.5 Å². The molecule has 0 aromatic heterocycles. The Balaban J connectivity index is 1.59. The van der Waals surface area contributed by atoms with Crippen LogP contribution in [0.15, 0.2) is 76.3 Å². The van der Waals surface area contributed by atoms with Gasteiger partial charge in [0.05, 0.1) is 19.9 Å². The van der Waals surface area contributed by atoms with Crippen molar-refractivity contribution in [1.82, 2.24) is 5.43 Å². The van der Waals surface area contributed by atoms with Crippen LogP contribution in [0, 0.1) is 0 Å². The zero-order valence-electron chi connectivity index (χ0n) is 15.4. The average molecular weight is 460 g/mol. The van der Waals surface area contributed by atoms with Crippen molar-refractivity contribution in [3.05, 3.63) is 92.9 Å². The normalized spacial score (nSPS) is 10.8. The third-order valence-electron chi connectivity index (χ3n) is 4.03. The van der Waals surface area contributed by atoms with Crippen molar-refractivity contribution < 1.29 is 9.47 Å². The molecule has 0 amide bonds. The van der Waals surface area contributed by atoms with Crippen LogP contribution in [0.2, 0.25) is 5.02 Å². The number of hydrogen-bond acceptors (Lipinski definition) is 4. The molecule has 0 spiro atoms. The van der Waals surface area contributed by atoms with Gasteiger partial charge in [-0.25, -0.2) is 0 Å². The molecule has 0 aliphatic carbocycles. The van der Waals surface area contributed by atoms with Crippen molar-refractivity contribution in [2.24, 2.45) is 5.10 Å². The third kappa shape index (κ3) is 5.75. The van der Waals surface area contributed by atoms with Crippen molar-refractivity contribution in [3.63, 3.8) is 0 Å². The first-order valence-electron chi connectivity index (χ1n) is 8.70. The maximum atomic E-state index is 6.13. The second-order valence-electron chi connectivity index (χ2n) is 6.01. The second-order valence-corrected chi connectivity index (χ2v) is 7.33. The quantitative estimate of drug-likeness (QED) is 0.341. The van der Waals surface area contributed by atoms with E-state index in [0.29, 0.717) is 24.7 Å². The summed E-state index contributed by atoms with van der Waals surface area (Å²) in [5, 5.41) is 4.97. The molecule has 0 heterocycles. The molecule has 3 aromatic rings. The lowest BCUT2D eigenvalue weighted by molar-refractivity contribution is 0.284. The average Bonchev–Trinajstić information content (AvgIpc) is 2.72. The van der Waals surface area contributed by atoms with Crippen LogP contribution < -0.4 is 14.9 Å². The highest BCUT2D eigenvalue weighted by Crippen LogP contribution is 2.28. The number of hydrogen-bond donors (Lipinski definition) is 1. The number of nitrogens with zero attached hydrogens (tertiary/aromatic N) is 1. The Kier molecular flexibility index (Phi) is 7.34. The van der Waals surface area contributed by atoms with Gasteiger partial charge >= 0.3 is 0 Å². The molecule has 0 aliphatic rings. The lowest BCUT2D eigenvalue weighted by Crippen LogP contribution is -2.06. The Morgan fingerprint density at radius 1 is 1.04 bits per heavy atom. The zero-order valence-corrected chi connectivity index (χ0v) is 17.7. The number of halogens is 2. The number of benzene rings is 3. The van der Waals surface area contributed by atoms with E-state index in [1.54, 1.807) is 13.3 Å². The topological polar surface area (TPSA) is 42.8 Å². The van der Waals surface area contributed by atoms with Crippen LogP contribution in [0.4, 0.5) is 0 Å². The third-order valence-corrected chi connectivity index (χ3v) is 4.92. The predicted molar refractivity (Wildman–Crippen MR) is 117 cm³/mol. The smallest absolute Gasteiger partial charge is 0.161 e. The van der Waals surface area contributed by atoms with Crippen molar-refractivity contribution in [2.45, 2.75) is 13.2 Å². The van der Waals surface area contributed by atoms with E-state index in [0.717, 1.165) is 26.2 Å². The summed E-state index contributed by atoms with van der Waals surface area (Å²) in [6, 6.07) is 21.4. The van der Waals surface area contributed by atoms with E-state index >= 15 is 0 Å². The van der Waals surface area contributed by atoms with Gasteiger partial charge in [0.2, 0.25) is 0 Å². The van der Waals surface area contributed by atoms with Crippen LogP contribution in [0.5, 0.6) is 11.5 Å². The van der Waals surface area contributed by atoms with Crippen LogP contribution >= 0.6 is 27.5 Å². The van der Waals surface area contributed by atoms with Gasteiger partial charge in [0, 0.05) is 9.50 Å². The molecule has 6 heteroatoms. The summed E-state index contributed by atoms with van der Waals surface area (Å²) in [4.78, 5) is 0. The molecule has 28 heavy (non-hydrogen) atoms. The molecule has 0 atom stereocenters. The summed E-state index contributed by atoms with van der Waals surface area (Å²) in [5.74, 6) is 1.35. The van der Waals surface area contributed by atoms with Gasteiger partial charge in [-0.2, -0.15) is 5.10 Å². The summed E-state index contributed by atoms with van der Waals surface area (Å²) in [7, 11) is 1.62. The van der Waals surface area contributed by atoms with E-state index in [1.165, 1.54) is 0 Å². The summed E-state index contributed by atoms with van der Waals surface area (Å²) in [5.41, 5.74) is 5.98. The fourth-order valence-electron chi connectivity index (χ4n) is 2.52. The molecule has 3 aromatic carbocycles. The Hall–Kier alpha value is -2.50. The lowest BCUT2D eigenvalue weighted by Gasteiger charge is -2.11. The maximum Gasteiger partial charge on any atom is 0.161 e. The number of methoxy groups -OCH3 is 1. The molecule has 4 nitrogen and oxygen atoms in total. The molecule has 0 saturated carbocycles. The highest BCUT2D eigenvalue weighted by molar-refractivity contribution is 9.10. The molecular formula is C22H20BrClN2O2. The molecule has 3 rings (SSSR count). The Bertz CT molecular complexity index is 946. The van der Waals surface area contributed by atoms with Crippen LogP contribution in [0.25, 0.3) is 0 Å².